The first-order chi connectivity index (χ1) is 10.2. The molecule has 0 radical (unpaired) electrons. The molecule has 6 heteroatoms. The number of carbonyl (C=O) groups is 1. The number of nitrogens with zero attached hydrogens (tertiary/aromatic N) is 2. The van der Waals surface area contributed by atoms with Crippen LogP contribution in [-0.2, 0) is 11.3 Å². The van der Waals surface area contributed by atoms with Gasteiger partial charge in [-0.1, -0.05) is 0 Å². The molecule has 1 amide bonds. The maximum atomic E-state index is 11.0. The zero-order valence-corrected chi connectivity index (χ0v) is 13.4. The number of nitrogens with one attached hydrogen (secondary N) is 2. The normalized spacial score (nSPS) is 20.6. The molecular formula is C15H24N4OS. The summed E-state index contributed by atoms with van der Waals surface area (Å²) in [6.45, 7) is 5.90. The number of piperidine rings is 1. The van der Waals surface area contributed by atoms with Gasteiger partial charge in [0, 0.05) is 38.0 Å². The van der Waals surface area contributed by atoms with Crippen molar-refractivity contribution in [1.82, 2.24) is 15.2 Å². The first-order valence-corrected chi connectivity index (χ1v) is 8.75. The number of likely N-dealkylation sites (tertiary alicyclic amines) is 1. The van der Waals surface area contributed by atoms with Crippen molar-refractivity contribution in [3.63, 3.8) is 0 Å². The van der Waals surface area contributed by atoms with E-state index >= 15 is 0 Å². The quantitative estimate of drug-likeness (QED) is 0.844. The fraction of sp³-hybridized carbons (Fsp3) is 0.733. The van der Waals surface area contributed by atoms with Crippen molar-refractivity contribution in [2.75, 3.05) is 25.0 Å². The highest BCUT2D eigenvalue weighted by Gasteiger charge is 2.24. The molecule has 1 aromatic rings. The first-order valence-electron chi connectivity index (χ1n) is 7.87. The van der Waals surface area contributed by atoms with Crippen molar-refractivity contribution in [1.29, 1.82) is 0 Å². The molecule has 3 rings (SSSR count). The van der Waals surface area contributed by atoms with E-state index in [4.69, 9.17) is 0 Å². The molecule has 0 spiro atoms. The number of carbonyl (C=O) groups excluding carboxylic acids is 1. The molecular weight excluding hydrogens is 284 g/mol. The van der Waals surface area contributed by atoms with E-state index in [-0.39, 0.29) is 5.91 Å². The molecule has 0 aromatic carbocycles. The summed E-state index contributed by atoms with van der Waals surface area (Å²) in [5, 5.41) is 9.20. The molecule has 5 nitrogen and oxygen atoms in total. The Balaban J connectivity index is 1.39. The van der Waals surface area contributed by atoms with Crippen LogP contribution in [0.5, 0.6) is 0 Å². The molecule has 2 N–H and O–H groups in total. The zero-order valence-electron chi connectivity index (χ0n) is 12.6. The van der Waals surface area contributed by atoms with E-state index in [2.05, 4.69) is 20.5 Å². The van der Waals surface area contributed by atoms with E-state index in [1.54, 1.807) is 0 Å². The van der Waals surface area contributed by atoms with Crippen LogP contribution in [0.1, 0.15) is 38.3 Å². The second kappa shape index (κ2) is 6.85. The lowest BCUT2D eigenvalue weighted by Gasteiger charge is -2.32. The first kappa shape index (κ1) is 14.9. The zero-order chi connectivity index (χ0) is 14.7. The van der Waals surface area contributed by atoms with Gasteiger partial charge in [0.15, 0.2) is 5.13 Å². The van der Waals surface area contributed by atoms with E-state index in [0.29, 0.717) is 11.2 Å². The number of hydrogen-bond donors (Lipinski definition) is 2. The highest BCUT2D eigenvalue weighted by molar-refractivity contribution is 7.13. The lowest BCUT2D eigenvalue weighted by molar-refractivity contribution is -0.114. The second-order valence-corrected chi connectivity index (χ2v) is 7.09. The van der Waals surface area contributed by atoms with Gasteiger partial charge in [-0.25, -0.2) is 4.98 Å². The Morgan fingerprint density at radius 2 is 2.14 bits per heavy atom. The van der Waals surface area contributed by atoms with Gasteiger partial charge in [-0.05, 0) is 38.1 Å². The van der Waals surface area contributed by atoms with Gasteiger partial charge in [-0.15, -0.1) is 11.3 Å². The minimum absolute atomic E-state index is 0.0570. The van der Waals surface area contributed by atoms with Crippen molar-refractivity contribution in [3.8, 4) is 0 Å². The van der Waals surface area contributed by atoms with E-state index in [9.17, 15) is 4.79 Å². The van der Waals surface area contributed by atoms with Crippen LogP contribution in [0.3, 0.4) is 0 Å². The van der Waals surface area contributed by atoms with Gasteiger partial charge < -0.3 is 10.6 Å². The molecule has 2 fully saturated rings. The van der Waals surface area contributed by atoms with Crippen LogP contribution < -0.4 is 10.6 Å². The van der Waals surface area contributed by atoms with E-state index < -0.39 is 0 Å². The number of hydrogen-bond acceptors (Lipinski definition) is 5. The molecule has 2 heterocycles. The monoisotopic (exact) mass is 308 g/mol. The molecule has 0 unspecified atom stereocenters. The molecule has 1 aromatic heterocycles. The Labute approximate surface area is 130 Å². The number of anilines is 1. The number of amides is 1. The minimum Gasteiger partial charge on any atom is -0.314 e. The highest BCUT2D eigenvalue weighted by atomic mass is 32.1. The number of rotatable bonds is 6. The number of thiazole rings is 1. The summed E-state index contributed by atoms with van der Waals surface area (Å²) in [6.07, 6.45) is 5.31. The Kier molecular flexibility index (Phi) is 4.87. The Morgan fingerprint density at radius 1 is 1.38 bits per heavy atom. The van der Waals surface area contributed by atoms with Gasteiger partial charge >= 0.3 is 0 Å². The molecule has 116 valence electrons. The van der Waals surface area contributed by atoms with Gasteiger partial charge in [0.1, 0.15) is 0 Å². The van der Waals surface area contributed by atoms with E-state index in [1.807, 2.05) is 5.38 Å². The van der Waals surface area contributed by atoms with Crippen LogP contribution >= 0.6 is 11.3 Å². The Bertz CT molecular complexity index is 478. The highest BCUT2D eigenvalue weighted by Crippen LogP contribution is 2.28. The fourth-order valence-corrected chi connectivity index (χ4v) is 3.51. The Morgan fingerprint density at radius 3 is 2.81 bits per heavy atom. The lowest BCUT2D eigenvalue weighted by Crippen LogP contribution is -2.42. The van der Waals surface area contributed by atoms with Crippen molar-refractivity contribution >= 4 is 22.4 Å². The van der Waals surface area contributed by atoms with Crippen LogP contribution in [0.15, 0.2) is 5.38 Å². The average Bonchev–Trinajstić information content (AvgIpc) is 3.19. The molecule has 1 aliphatic heterocycles. The summed E-state index contributed by atoms with van der Waals surface area (Å²) < 4.78 is 0. The molecule has 1 aliphatic carbocycles. The van der Waals surface area contributed by atoms with Crippen molar-refractivity contribution in [3.05, 3.63) is 11.1 Å². The third kappa shape index (κ3) is 4.76. The molecule has 2 aliphatic rings. The van der Waals surface area contributed by atoms with Gasteiger partial charge in [0.05, 0.1) is 5.69 Å². The summed E-state index contributed by atoms with van der Waals surface area (Å²) in [4.78, 5) is 17.9. The van der Waals surface area contributed by atoms with Crippen LogP contribution in [0.4, 0.5) is 5.13 Å². The third-order valence-electron chi connectivity index (χ3n) is 4.20. The molecule has 0 atom stereocenters. The topological polar surface area (TPSA) is 57.3 Å². The van der Waals surface area contributed by atoms with Crippen LogP contribution in [0, 0.1) is 5.92 Å². The van der Waals surface area contributed by atoms with Gasteiger partial charge in [0.25, 0.3) is 0 Å². The summed E-state index contributed by atoms with van der Waals surface area (Å²) in [5.74, 6) is 0.906. The SMILES string of the molecule is CC(=O)Nc1nc(CN2CCC(NCC3CC3)CC2)cs1. The number of aromatic nitrogens is 1. The predicted molar refractivity (Wildman–Crippen MR) is 85.4 cm³/mol. The average molecular weight is 308 g/mol. The summed E-state index contributed by atoms with van der Waals surface area (Å²) in [7, 11) is 0. The Hall–Kier alpha value is -0.980. The molecule has 21 heavy (non-hydrogen) atoms. The van der Waals surface area contributed by atoms with E-state index in [1.165, 1.54) is 50.5 Å². The summed E-state index contributed by atoms with van der Waals surface area (Å²) in [5.41, 5.74) is 1.06. The summed E-state index contributed by atoms with van der Waals surface area (Å²) >= 11 is 1.50. The van der Waals surface area contributed by atoms with Crippen molar-refractivity contribution in [2.45, 2.75) is 45.2 Å². The van der Waals surface area contributed by atoms with Crippen LogP contribution in [0.25, 0.3) is 0 Å². The van der Waals surface area contributed by atoms with Crippen molar-refractivity contribution < 1.29 is 4.79 Å². The van der Waals surface area contributed by atoms with E-state index in [0.717, 1.165) is 31.2 Å². The smallest absolute Gasteiger partial charge is 0.223 e. The van der Waals surface area contributed by atoms with Gasteiger partial charge in [-0.2, -0.15) is 0 Å². The van der Waals surface area contributed by atoms with Crippen LogP contribution in [-0.4, -0.2) is 41.5 Å². The predicted octanol–water partition coefficient (Wildman–Crippen LogP) is 2.07. The largest absolute Gasteiger partial charge is 0.314 e. The fourth-order valence-electron chi connectivity index (χ4n) is 2.77. The van der Waals surface area contributed by atoms with Crippen LogP contribution in [0.2, 0.25) is 0 Å². The van der Waals surface area contributed by atoms with Gasteiger partial charge in [-0.3, -0.25) is 9.69 Å². The molecule has 0 bridgehead atoms. The molecule has 1 saturated heterocycles. The van der Waals surface area contributed by atoms with Gasteiger partial charge in [0.2, 0.25) is 5.91 Å². The maximum absolute atomic E-state index is 11.0. The standard InChI is InChI=1S/C15H24N4OS/c1-11(20)17-15-18-14(10-21-15)9-19-6-4-13(5-7-19)16-8-12-2-3-12/h10,12-13,16H,2-9H2,1H3,(H,17,18,20). The third-order valence-corrected chi connectivity index (χ3v) is 5.01. The van der Waals surface area contributed by atoms with Crippen molar-refractivity contribution in [2.24, 2.45) is 5.92 Å². The summed E-state index contributed by atoms with van der Waals surface area (Å²) in [6, 6.07) is 0.701. The minimum atomic E-state index is -0.0570. The molecule has 1 saturated carbocycles. The maximum Gasteiger partial charge on any atom is 0.223 e. The second-order valence-electron chi connectivity index (χ2n) is 6.23. The lowest BCUT2D eigenvalue weighted by atomic mass is 10.0.